The van der Waals surface area contributed by atoms with Crippen LogP contribution < -0.4 is 10.6 Å². The summed E-state index contributed by atoms with van der Waals surface area (Å²) in [6.45, 7) is 4.32. The van der Waals surface area contributed by atoms with Gasteiger partial charge < -0.3 is 25.2 Å². The second-order valence-corrected chi connectivity index (χ2v) is 12.3. The molecular weight excluding hydrogens is 535 g/mol. The van der Waals surface area contributed by atoms with Crippen LogP contribution in [0.5, 0.6) is 0 Å². The molecule has 0 saturated heterocycles. The molecule has 200 valence electrons. The second-order valence-electron chi connectivity index (χ2n) is 9.28. The third-order valence-electron chi connectivity index (χ3n) is 6.98. The Balaban J connectivity index is 1.62. The Kier molecular flexibility index (Phi) is 8.58. The van der Waals surface area contributed by atoms with E-state index in [2.05, 4.69) is 10.6 Å². The van der Waals surface area contributed by atoms with E-state index < -0.39 is 15.4 Å². The van der Waals surface area contributed by atoms with Gasteiger partial charge in [0.15, 0.2) is 9.84 Å². The largest absolute Gasteiger partial charge is 0.396 e. The molecule has 4 atom stereocenters. The normalized spacial score (nSPS) is 23.4. The van der Waals surface area contributed by atoms with Gasteiger partial charge in [-0.1, -0.05) is 66.6 Å². The summed E-state index contributed by atoms with van der Waals surface area (Å²) in [4.78, 5) is 0.260. The smallest absolute Gasteiger partial charge is 0.178 e. The number of hydrogen-bond donors (Lipinski definition) is 3. The number of hydrogen-bond acceptors (Lipinski definition) is 7. The number of benzene rings is 2. The SMILES string of the molecule is CCS(=O)(=O)c1ccc(C(CO)C2Nc3cc(Cl)c(C4C=CC=CC4(C)OCCOC)c(Cl)c3N2)cc1. The van der Waals surface area contributed by atoms with Crippen molar-refractivity contribution >= 4 is 44.4 Å². The summed E-state index contributed by atoms with van der Waals surface area (Å²) in [7, 11) is -1.68. The van der Waals surface area contributed by atoms with Crippen molar-refractivity contribution < 1.29 is 23.0 Å². The summed E-state index contributed by atoms with van der Waals surface area (Å²) >= 11 is 13.8. The molecule has 10 heteroatoms. The van der Waals surface area contributed by atoms with E-state index >= 15 is 0 Å². The fourth-order valence-electron chi connectivity index (χ4n) is 4.81. The molecule has 2 aromatic rings. The zero-order valence-electron chi connectivity index (χ0n) is 21.0. The standard InChI is InChI=1S/C27H32Cl2N2O5S/c1-4-37(33,34)18-10-8-17(9-11-18)19(16-32)26-30-22-15-21(28)23(24(29)25(22)31-26)20-7-5-6-12-27(20,2)36-14-13-35-3/h5-12,15,19-20,26,30-32H,4,13-14,16H2,1-3H3. The maximum absolute atomic E-state index is 12.2. The van der Waals surface area contributed by atoms with Gasteiger partial charge in [0.2, 0.25) is 0 Å². The van der Waals surface area contributed by atoms with Crippen LogP contribution in [0.4, 0.5) is 11.4 Å². The number of fused-ring (bicyclic) bond motifs is 1. The first-order valence-corrected chi connectivity index (χ1v) is 14.5. The lowest BCUT2D eigenvalue weighted by atomic mass is 9.80. The highest BCUT2D eigenvalue weighted by molar-refractivity contribution is 7.91. The molecular formula is C27H32Cl2N2O5S. The van der Waals surface area contributed by atoms with Gasteiger partial charge in [-0.3, -0.25) is 0 Å². The molecule has 3 N–H and O–H groups in total. The van der Waals surface area contributed by atoms with Crippen LogP contribution >= 0.6 is 23.2 Å². The van der Waals surface area contributed by atoms with Gasteiger partial charge in [0.05, 0.1) is 52.5 Å². The minimum Gasteiger partial charge on any atom is -0.396 e. The van der Waals surface area contributed by atoms with Crippen LogP contribution in [0, 0.1) is 0 Å². The average Bonchev–Trinajstić information content (AvgIpc) is 3.30. The van der Waals surface area contributed by atoms with Crippen LogP contribution in [0.15, 0.2) is 59.5 Å². The van der Waals surface area contributed by atoms with Gasteiger partial charge in [-0.25, -0.2) is 8.42 Å². The zero-order chi connectivity index (χ0) is 26.8. The number of halogens is 2. The second kappa shape index (κ2) is 11.4. The Hall–Kier alpha value is -2.07. The van der Waals surface area contributed by atoms with Crippen molar-refractivity contribution in [1.29, 1.82) is 0 Å². The Morgan fingerprint density at radius 1 is 1.14 bits per heavy atom. The molecule has 1 heterocycles. The van der Waals surface area contributed by atoms with Crippen molar-refractivity contribution in [3.63, 3.8) is 0 Å². The predicted molar refractivity (Wildman–Crippen MR) is 149 cm³/mol. The number of allylic oxidation sites excluding steroid dienone is 2. The van der Waals surface area contributed by atoms with Crippen LogP contribution in [0.25, 0.3) is 0 Å². The van der Waals surface area contributed by atoms with Gasteiger partial charge in [0.1, 0.15) is 6.17 Å². The molecule has 4 unspecified atom stereocenters. The number of aliphatic hydroxyl groups excluding tert-OH is 1. The van der Waals surface area contributed by atoms with Crippen LogP contribution in [0.3, 0.4) is 0 Å². The van der Waals surface area contributed by atoms with E-state index in [0.717, 1.165) is 16.8 Å². The molecule has 1 aliphatic heterocycles. The molecule has 0 spiro atoms. The van der Waals surface area contributed by atoms with E-state index in [9.17, 15) is 13.5 Å². The molecule has 0 bridgehead atoms. The van der Waals surface area contributed by atoms with Crippen LogP contribution in [-0.4, -0.2) is 58.0 Å². The zero-order valence-corrected chi connectivity index (χ0v) is 23.3. The molecule has 0 fully saturated rings. The highest BCUT2D eigenvalue weighted by Crippen LogP contribution is 2.50. The fourth-order valence-corrected chi connectivity index (χ4v) is 6.44. The Morgan fingerprint density at radius 3 is 2.51 bits per heavy atom. The minimum atomic E-state index is -3.31. The topological polar surface area (TPSA) is 96.9 Å². The summed E-state index contributed by atoms with van der Waals surface area (Å²) in [5, 5.41) is 18.0. The molecule has 2 aromatic carbocycles. The Labute approximate surface area is 228 Å². The lowest BCUT2D eigenvalue weighted by Gasteiger charge is -2.36. The molecule has 7 nitrogen and oxygen atoms in total. The quantitative estimate of drug-likeness (QED) is 0.333. The van der Waals surface area contributed by atoms with Crippen molar-refractivity contribution in [2.45, 2.75) is 42.3 Å². The number of nitrogens with one attached hydrogen (secondary N) is 2. The number of sulfone groups is 1. The van der Waals surface area contributed by atoms with Gasteiger partial charge in [0, 0.05) is 29.5 Å². The summed E-state index contributed by atoms with van der Waals surface area (Å²) < 4.78 is 35.7. The molecule has 1 aliphatic carbocycles. The van der Waals surface area contributed by atoms with Gasteiger partial charge in [-0.05, 0) is 30.7 Å². The van der Waals surface area contributed by atoms with Crippen LogP contribution in [0.1, 0.15) is 36.8 Å². The van der Waals surface area contributed by atoms with E-state index in [1.165, 1.54) is 0 Å². The van der Waals surface area contributed by atoms with Gasteiger partial charge in [-0.15, -0.1) is 0 Å². The van der Waals surface area contributed by atoms with Crippen molar-refractivity contribution in [3.05, 3.63) is 75.8 Å². The summed E-state index contributed by atoms with van der Waals surface area (Å²) in [5.74, 6) is -0.577. The highest BCUT2D eigenvalue weighted by atomic mass is 35.5. The lowest BCUT2D eigenvalue weighted by Crippen LogP contribution is -2.36. The Morgan fingerprint density at radius 2 is 1.86 bits per heavy atom. The molecule has 0 aromatic heterocycles. The van der Waals surface area contributed by atoms with Crippen molar-refractivity contribution in [3.8, 4) is 0 Å². The average molecular weight is 568 g/mol. The molecule has 4 rings (SSSR count). The number of methoxy groups -OCH3 is 1. The van der Waals surface area contributed by atoms with E-state index in [4.69, 9.17) is 32.7 Å². The van der Waals surface area contributed by atoms with Crippen molar-refractivity contribution in [2.75, 3.05) is 43.3 Å². The van der Waals surface area contributed by atoms with E-state index in [1.807, 2.05) is 37.3 Å². The third kappa shape index (κ3) is 5.55. The third-order valence-corrected chi connectivity index (χ3v) is 9.44. The van der Waals surface area contributed by atoms with E-state index in [-0.39, 0.29) is 35.3 Å². The molecule has 37 heavy (non-hydrogen) atoms. The summed E-state index contributed by atoms with van der Waals surface area (Å²) in [6.07, 6.45) is 7.52. The van der Waals surface area contributed by atoms with E-state index in [0.29, 0.717) is 28.9 Å². The first-order chi connectivity index (χ1) is 17.6. The molecule has 2 aliphatic rings. The van der Waals surface area contributed by atoms with Crippen molar-refractivity contribution in [1.82, 2.24) is 0 Å². The predicted octanol–water partition coefficient (Wildman–Crippen LogP) is 5.36. The number of ether oxygens (including phenoxy) is 2. The summed E-state index contributed by atoms with van der Waals surface area (Å²) in [5.41, 5.74) is 2.28. The number of anilines is 2. The van der Waals surface area contributed by atoms with Gasteiger partial charge in [-0.2, -0.15) is 0 Å². The maximum Gasteiger partial charge on any atom is 0.178 e. The first-order valence-electron chi connectivity index (χ1n) is 12.1. The van der Waals surface area contributed by atoms with Crippen LogP contribution in [-0.2, 0) is 19.3 Å². The lowest BCUT2D eigenvalue weighted by molar-refractivity contribution is -0.0290. The van der Waals surface area contributed by atoms with Crippen LogP contribution in [0.2, 0.25) is 10.0 Å². The first kappa shape index (κ1) is 28.0. The highest BCUT2D eigenvalue weighted by Gasteiger charge is 2.39. The fraction of sp³-hybridized carbons (Fsp3) is 0.407. The van der Waals surface area contributed by atoms with Gasteiger partial charge in [0.25, 0.3) is 0 Å². The van der Waals surface area contributed by atoms with Gasteiger partial charge >= 0.3 is 0 Å². The Bertz CT molecular complexity index is 1300. The molecule has 0 amide bonds. The summed E-state index contributed by atoms with van der Waals surface area (Å²) in [6, 6.07) is 8.45. The van der Waals surface area contributed by atoms with Crippen molar-refractivity contribution in [2.24, 2.45) is 0 Å². The monoisotopic (exact) mass is 566 g/mol. The molecule has 0 saturated carbocycles. The number of aliphatic hydroxyl groups is 1. The molecule has 0 radical (unpaired) electrons. The minimum absolute atomic E-state index is 0.0286. The number of rotatable bonds is 10. The maximum atomic E-state index is 12.2. The van der Waals surface area contributed by atoms with E-state index in [1.54, 1.807) is 38.3 Å².